The van der Waals surface area contributed by atoms with Crippen molar-refractivity contribution in [1.82, 2.24) is 0 Å². The van der Waals surface area contributed by atoms with E-state index in [0.29, 0.717) is 29.8 Å². The summed E-state index contributed by atoms with van der Waals surface area (Å²) in [6, 6.07) is 9.08. The second-order valence-electron chi connectivity index (χ2n) is 12.5. The summed E-state index contributed by atoms with van der Waals surface area (Å²) in [6.07, 6.45) is 3.35. The van der Waals surface area contributed by atoms with Crippen LogP contribution in [-0.2, 0) is 14.4 Å². The molecule has 200 valence electrons. The first-order chi connectivity index (χ1) is 17.9. The molecule has 9 atom stereocenters. The topological polar surface area (TPSA) is 111 Å². The van der Waals surface area contributed by atoms with Crippen molar-refractivity contribution in [2.75, 3.05) is 18.2 Å². The van der Waals surface area contributed by atoms with Crippen molar-refractivity contribution in [3.63, 3.8) is 0 Å². The van der Waals surface area contributed by atoms with Gasteiger partial charge in [-0.05, 0) is 66.5 Å². The number of hydrogen-bond donors (Lipinski definition) is 2. The number of allylic oxidation sites excluding steroid dienone is 4. The van der Waals surface area contributed by atoms with Crippen LogP contribution in [0.4, 0.5) is 10.1 Å². The maximum absolute atomic E-state index is 15.8. The van der Waals surface area contributed by atoms with Gasteiger partial charge >= 0.3 is 0 Å². The van der Waals surface area contributed by atoms with Gasteiger partial charge in [0.2, 0.25) is 0 Å². The van der Waals surface area contributed by atoms with Crippen molar-refractivity contribution < 1.29 is 29.0 Å². The number of rotatable bonds is 3. The van der Waals surface area contributed by atoms with Gasteiger partial charge in [-0.3, -0.25) is 19.5 Å². The molecule has 4 fully saturated rings. The van der Waals surface area contributed by atoms with E-state index in [-0.39, 0.29) is 36.4 Å². The van der Waals surface area contributed by atoms with Crippen molar-refractivity contribution in [3.8, 4) is 6.07 Å². The van der Waals surface area contributed by atoms with Crippen LogP contribution in [0.5, 0.6) is 0 Å². The van der Waals surface area contributed by atoms with Crippen LogP contribution in [0.25, 0.3) is 0 Å². The molecule has 3 saturated carbocycles. The van der Waals surface area contributed by atoms with Crippen LogP contribution in [-0.4, -0.2) is 52.8 Å². The third-order valence-corrected chi connectivity index (χ3v) is 11.1. The molecule has 0 amide bonds. The van der Waals surface area contributed by atoms with Gasteiger partial charge in [0.15, 0.2) is 17.2 Å². The number of nitrogens with zero attached hydrogens (tertiary/aromatic N) is 2. The summed E-state index contributed by atoms with van der Waals surface area (Å²) in [5, 5.41) is 32.9. The molecule has 1 aliphatic heterocycles. The number of fused-ring (bicyclic) bond motifs is 7. The molecule has 4 aliphatic carbocycles. The SMILES string of the molecule is CC12C=CC(=O)C=C1C(F)CC1C2C(O)CC2(C)C1(C)CC1CN(c3cccc(C#N)c3)OC12C(=O)CO. The predicted octanol–water partition coefficient (Wildman–Crippen LogP) is 3.45. The standard InChI is InChI=1S/C30H33FN2O5/c1-27-8-7-20(35)10-21(27)23(31)11-22-26(27)24(36)13-29(3)28(22,2)12-18-15-33(38-30(18,29)25(37)16-34)19-6-4-5-17(9-19)14-32/h4-10,18,22-24,26,34,36H,11-13,15-16H2,1-3H3. The number of aliphatic hydroxyl groups is 2. The number of carbonyl (C=O) groups excluding carboxylic acids is 2. The number of aliphatic hydroxyl groups excluding tert-OH is 2. The fraction of sp³-hybridized carbons (Fsp3) is 0.567. The lowest BCUT2D eigenvalue weighted by molar-refractivity contribution is -0.216. The zero-order valence-electron chi connectivity index (χ0n) is 21.9. The van der Waals surface area contributed by atoms with Gasteiger partial charge in [0.05, 0.1) is 30.0 Å². The second kappa shape index (κ2) is 8.08. The van der Waals surface area contributed by atoms with Crippen molar-refractivity contribution in [3.05, 3.63) is 53.6 Å². The molecule has 1 heterocycles. The Kier molecular flexibility index (Phi) is 5.40. The van der Waals surface area contributed by atoms with E-state index in [1.54, 1.807) is 29.3 Å². The molecule has 7 nitrogen and oxygen atoms in total. The lowest BCUT2D eigenvalue weighted by Gasteiger charge is -2.64. The summed E-state index contributed by atoms with van der Waals surface area (Å²) in [4.78, 5) is 32.4. The number of benzene rings is 1. The highest BCUT2D eigenvalue weighted by molar-refractivity contribution is 6.01. The van der Waals surface area contributed by atoms with Gasteiger partial charge in [0, 0.05) is 22.7 Å². The van der Waals surface area contributed by atoms with Crippen molar-refractivity contribution in [2.24, 2.45) is 34.0 Å². The number of alkyl halides is 1. The highest BCUT2D eigenvalue weighted by atomic mass is 19.1. The molecule has 0 spiro atoms. The number of ketones is 2. The molecular weight excluding hydrogens is 487 g/mol. The largest absolute Gasteiger partial charge is 0.393 e. The van der Waals surface area contributed by atoms with Gasteiger partial charge in [-0.2, -0.15) is 5.26 Å². The quantitative estimate of drug-likeness (QED) is 0.628. The summed E-state index contributed by atoms with van der Waals surface area (Å²) in [5.41, 5.74) is -2.17. The monoisotopic (exact) mass is 520 g/mol. The molecule has 0 bridgehead atoms. The number of Topliss-reactive ketones (excluding diaryl/α,β-unsaturated/α-hetero) is 1. The van der Waals surface area contributed by atoms with Gasteiger partial charge in [-0.15, -0.1) is 0 Å². The average molecular weight is 521 g/mol. The first-order valence-electron chi connectivity index (χ1n) is 13.3. The van der Waals surface area contributed by atoms with E-state index < -0.39 is 46.5 Å². The summed E-state index contributed by atoms with van der Waals surface area (Å²) >= 11 is 0. The number of hydrogen-bond acceptors (Lipinski definition) is 7. The van der Waals surface area contributed by atoms with Crippen LogP contribution in [0.1, 0.15) is 45.6 Å². The minimum atomic E-state index is -1.41. The third kappa shape index (κ3) is 2.93. The maximum atomic E-state index is 15.8. The number of carbonyl (C=O) groups is 2. The minimum absolute atomic E-state index is 0.153. The normalized spacial score (nSPS) is 45.0. The Morgan fingerprint density at radius 1 is 1.29 bits per heavy atom. The number of halogens is 1. The summed E-state index contributed by atoms with van der Waals surface area (Å²) < 4.78 is 15.8. The van der Waals surface area contributed by atoms with Crippen LogP contribution < -0.4 is 5.06 Å². The molecule has 1 aromatic carbocycles. The highest BCUT2D eigenvalue weighted by Gasteiger charge is 2.79. The minimum Gasteiger partial charge on any atom is -0.393 e. The molecule has 1 aromatic rings. The van der Waals surface area contributed by atoms with E-state index in [1.807, 2.05) is 19.9 Å². The molecule has 1 saturated heterocycles. The Labute approximate surface area is 221 Å². The Hall–Kier alpha value is -2.86. The first-order valence-corrected chi connectivity index (χ1v) is 13.3. The van der Waals surface area contributed by atoms with E-state index in [1.165, 1.54) is 12.2 Å². The van der Waals surface area contributed by atoms with Crippen LogP contribution in [0, 0.1) is 45.3 Å². The van der Waals surface area contributed by atoms with Gasteiger partial charge in [-0.1, -0.05) is 32.9 Å². The lowest BCUT2D eigenvalue weighted by Crippen LogP contribution is -2.67. The van der Waals surface area contributed by atoms with E-state index in [2.05, 4.69) is 13.0 Å². The van der Waals surface area contributed by atoms with Crippen molar-refractivity contribution >= 4 is 17.3 Å². The zero-order valence-corrected chi connectivity index (χ0v) is 21.9. The van der Waals surface area contributed by atoms with Gasteiger partial charge in [-0.25, -0.2) is 4.39 Å². The Morgan fingerprint density at radius 3 is 2.76 bits per heavy atom. The van der Waals surface area contributed by atoms with E-state index in [4.69, 9.17) is 4.84 Å². The highest BCUT2D eigenvalue weighted by Crippen LogP contribution is 2.76. The number of hydroxylamine groups is 1. The van der Waals surface area contributed by atoms with Crippen LogP contribution >= 0.6 is 0 Å². The first kappa shape index (κ1) is 25.4. The van der Waals surface area contributed by atoms with Gasteiger partial charge < -0.3 is 10.2 Å². The average Bonchev–Trinajstić information content (AvgIpc) is 3.36. The molecule has 8 heteroatoms. The van der Waals surface area contributed by atoms with E-state index >= 15 is 4.39 Å². The second-order valence-corrected chi connectivity index (χ2v) is 12.5. The molecule has 38 heavy (non-hydrogen) atoms. The van der Waals surface area contributed by atoms with Gasteiger partial charge in [0.1, 0.15) is 12.8 Å². The Balaban J connectivity index is 1.45. The molecule has 0 aromatic heterocycles. The lowest BCUT2D eigenvalue weighted by atomic mass is 9.41. The Bertz CT molecular complexity index is 1340. The van der Waals surface area contributed by atoms with Crippen LogP contribution in [0.2, 0.25) is 0 Å². The predicted molar refractivity (Wildman–Crippen MR) is 136 cm³/mol. The summed E-state index contributed by atoms with van der Waals surface area (Å²) in [6.45, 7) is 5.62. The van der Waals surface area contributed by atoms with E-state index in [9.17, 15) is 25.1 Å². The van der Waals surface area contributed by atoms with Crippen molar-refractivity contribution in [2.45, 2.75) is 57.9 Å². The van der Waals surface area contributed by atoms with E-state index in [0.717, 1.165) is 0 Å². The molecular formula is C30H33FN2O5. The van der Waals surface area contributed by atoms with Crippen molar-refractivity contribution in [1.29, 1.82) is 5.26 Å². The molecule has 0 radical (unpaired) electrons. The van der Waals surface area contributed by atoms with Gasteiger partial charge in [0.25, 0.3) is 0 Å². The zero-order chi connectivity index (χ0) is 27.3. The molecule has 5 aliphatic rings. The number of anilines is 1. The number of nitriles is 1. The molecule has 6 rings (SSSR count). The fourth-order valence-corrected chi connectivity index (χ4v) is 9.30. The molecule has 9 unspecified atom stereocenters. The molecule has 2 N–H and O–H groups in total. The smallest absolute Gasteiger partial charge is 0.193 e. The maximum Gasteiger partial charge on any atom is 0.193 e. The van der Waals surface area contributed by atoms with Crippen LogP contribution in [0.3, 0.4) is 0 Å². The summed E-state index contributed by atoms with van der Waals surface area (Å²) in [7, 11) is 0. The fourth-order valence-electron chi connectivity index (χ4n) is 9.30. The Morgan fingerprint density at radius 2 is 2.05 bits per heavy atom. The summed E-state index contributed by atoms with van der Waals surface area (Å²) in [5.74, 6) is -1.59. The van der Waals surface area contributed by atoms with Crippen LogP contribution in [0.15, 0.2) is 48.1 Å². The third-order valence-electron chi connectivity index (χ3n) is 11.1.